The highest BCUT2D eigenvalue weighted by atomic mass is 16.5. The third-order valence-corrected chi connectivity index (χ3v) is 3.48. The molecule has 122 valence electrons. The predicted molar refractivity (Wildman–Crippen MR) is 91.6 cm³/mol. The fourth-order valence-corrected chi connectivity index (χ4v) is 2.27. The van der Waals surface area contributed by atoms with Gasteiger partial charge in [-0.1, -0.05) is 48.5 Å². The lowest BCUT2D eigenvalue weighted by Crippen LogP contribution is -2.28. The molecule has 5 heteroatoms. The van der Waals surface area contributed by atoms with Crippen LogP contribution in [0.1, 0.15) is 11.1 Å². The zero-order valence-corrected chi connectivity index (χ0v) is 13.3. The number of benzene rings is 2. The van der Waals surface area contributed by atoms with Gasteiger partial charge < -0.3 is 10.1 Å². The zero-order chi connectivity index (χ0) is 16.6. The number of para-hydroxylation sites is 1. The first kappa shape index (κ1) is 15.8. The molecule has 0 aliphatic carbocycles. The summed E-state index contributed by atoms with van der Waals surface area (Å²) >= 11 is 0. The number of amides is 1. The van der Waals surface area contributed by atoms with Gasteiger partial charge in [0.2, 0.25) is 0 Å². The van der Waals surface area contributed by atoms with Crippen LogP contribution in [0.5, 0.6) is 5.75 Å². The van der Waals surface area contributed by atoms with Crippen molar-refractivity contribution in [1.82, 2.24) is 15.1 Å². The van der Waals surface area contributed by atoms with Gasteiger partial charge in [-0.25, -0.2) is 0 Å². The van der Waals surface area contributed by atoms with Gasteiger partial charge in [-0.3, -0.25) is 9.48 Å². The quantitative estimate of drug-likeness (QED) is 0.728. The SMILES string of the molecule is O=C(COc1ccccc1)NCc1cnn(Cc2ccccc2)c1. The van der Waals surface area contributed by atoms with E-state index in [0.717, 1.165) is 5.56 Å². The molecule has 5 nitrogen and oxygen atoms in total. The number of nitrogens with one attached hydrogen (secondary N) is 1. The second-order valence-electron chi connectivity index (χ2n) is 5.41. The van der Waals surface area contributed by atoms with Gasteiger partial charge in [0.05, 0.1) is 12.7 Å². The summed E-state index contributed by atoms with van der Waals surface area (Å²) in [6, 6.07) is 19.4. The molecule has 1 heterocycles. The molecule has 0 saturated heterocycles. The number of aromatic nitrogens is 2. The average Bonchev–Trinajstić information content (AvgIpc) is 3.07. The molecule has 3 rings (SSSR count). The maximum absolute atomic E-state index is 11.8. The molecule has 0 radical (unpaired) electrons. The summed E-state index contributed by atoms with van der Waals surface area (Å²) in [5.41, 5.74) is 2.14. The summed E-state index contributed by atoms with van der Waals surface area (Å²) in [5, 5.41) is 7.15. The van der Waals surface area contributed by atoms with E-state index < -0.39 is 0 Å². The monoisotopic (exact) mass is 321 g/mol. The number of rotatable bonds is 7. The van der Waals surface area contributed by atoms with Crippen LogP contribution in [-0.2, 0) is 17.9 Å². The molecule has 0 spiro atoms. The highest BCUT2D eigenvalue weighted by Gasteiger charge is 2.04. The maximum Gasteiger partial charge on any atom is 0.258 e. The van der Waals surface area contributed by atoms with Gasteiger partial charge in [-0.05, 0) is 17.7 Å². The summed E-state index contributed by atoms with van der Waals surface area (Å²) in [7, 11) is 0. The zero-order valence-electron chi connectivity index (χ0n) is 13.3. The third-order valence-electron chi connectivity index (χ3n) is 3.48. The van der Waals surface area contributed by atoms with Crippen LogP contribution >= 0.6 is 0 Å². The molecule has 0 unspecified atom stereocenters. The van der Waals surface area contributed by atoms with Gasteiger partial charge in [0, 0.05) is 18.3 Å². The van der Waals surface area contributed by atoms with Crippen LogP contribution < -0.4 is 10.1 Å². The van der Waals surface area contributed by atoms with E-state index in [0.29, 0.717) is 18.8 Å². The van der Waals surface area contributed by atoms with Crippen molar-refractivity contribution in [2.24, 2.45) is 0 Å². The number of carbonyl (C=O) groups is 1. The molecule has 0 atom stereocenters. The van der Waals surface area contributed by atoms with Crippen molar-refractivity contribution in [1.29, 1.82) is 0 Å². The normalized spacial score (nSPS) is 10.3. The molecule has 24 heavy (non-hydrogen) atoms. The smallest absolute Gasteiger partial charge is 0.258 e. The van der Waals surface area contributed by atoms with Crippen LogP contribution in [0.25, 0.3) is 0 Å². The second-order valence-corrected chi connectivity index (χ2v) is 5.41. The van der Waals surface area contributed by atoms with Gasteiger partial charge >= 0.3 is 0 Å². The van der Waals surface area contributed by atoms with Gasteiger partial charge in [-0.15, -0.1) is 0 Å². The molecular weight excluding hydrogens is 302 g/mol. The average molecular weight is 321 g/mol. The lowest BCUT2D eigenvalue weighted by molar-refractivity contribution is -0.123. The van der Waals surface area contributed by atoms with Crippen molar-refractivity contribution in [2.75, 3.05) is 6.61 Å². The Morgan fingerprint density at radius 3 is 2.46 bits per heavy atom. The predicted octanol–water partition coefficient (Wildman–Crippen LogP) is 2.63. The maximum atomic E-state index is 11.8. The lowest BCUT2D eigenvalue weighted by atomic mass is 10.2. The Bertz CT molecular complexity index is 770. The molecule has 0 bridgehead atoms. The Kier molecular flexibility index (Phi) is 5.24. The van der Waals surface area contributed by atoms with Crippen molar-refractivity contribution < 1.29 is 9.53 Å². The topological polar surface area (TPSA) is 56.1 Å². The van der Waals surface area contributed by atoms with Gasteiger partial charge in [0.15, 0.2) is 6.61 Å². The Hall–Kier alpha value is -3.08. The van der Waals surface area contributed by atoms with E-state index >= 15 is 0 Å². The first-order valence-electron chi connectivity index (χ1n) is 7.79. The fourth-order valence-electron chi connectivity index (χ4n) is 2.27. The van der Waals surface area contributed by atoms with Crippen LogP contribution in [0.3, 0.4) is 0 Å². The molecule has 1 amide bonds. The molecule has 2 aromatic carbocycles. The Balaban J connectivity index is 1.44. The van der Waals surface area contributed by atoms with E-state index in [1.807, 2.05) is 59.4 Å². The summed E-state index contributed by atoms with van der Waals surface area (Å²) in [5.74, 6) is 0.526. The van der Waals surface area contributed by atoms with Crippen LogP contribution in [0, 0.1) is 0 Å². The Labute approximate surface area is 140 Å². The van der Waals surface area contributed by atoms with Gasteiger partial charge in [0.1, 0.15) is 5.75 Å². The Morgan fingerprint density at radius 1 is 1.00 bits per heavy atom. The summed E-state index contributed by atoms with van der Waals surface area (Å²) < 4.78 is 7.27. The minimum Gasteiger partial charge on any atom is -0.484 e. The van der Waals surface area contributed by atoms with Crippen molar-refractivity contribution in [3.8, 4) is 5.75 Å². The van der Waals surface area contributed by atoms with Crippen LogP contribution in [0.4, 0.5) is 0 Å². The summed E-state index contributed by atoms with van der Waals surface area (Å²) in [4.78, 5) is 11.8. The number of hydrogen-bond donors (Lipinski definition) is 1. The van der Waals surface area contributed by atoms with Gasteiger partial charge in [-0.2, -0.15) is 5.10 Å². The number of nitrogens with zero attached hydrogens (tertiary/aromatic N) is 2. The first-order valence-corrected chi connectivity index (χ1v) is 7.79. The minimum atomic E-state index is -0.158. The van der Waals surface area contributed by atoms with Crippen LogP contribution in [0.2, 0.25) is 0 Å². The highest BCUT2D eigenvalue weighted by molar-refractivity contribution is 5.77. The number of ether oxygens (including phenoxy) is 1. The standard InChI is InChI=1S/C19H19N3O2/c23-19(15-24-18-9-5-2-6-10-18)20-11-17-12-21-22(14-17)13-16-7-3-1-4-8-16/h1-10,12,14H,11,13,15H2,(H,20,23). The Morgan fingerprint density at radius 2 is 1.71 bits per heavy atom. The van der Waals surface area contributed by atoms with Gasteiger partial charge in [0.25, 0.3) is 5.91 Å². The molecule has 0 aliphatic heterocycles. The van der Waals surface area contributed by atoms with Crippen molar-refractivity contribution >= 4 is 5.91 Å². The fraction of sp³-hybridized carbons (Fsp3) is 0.158. The summed E-state index contributed by atoms with van der Waals surface area (Å²) in [6.45, 7) is 1.15. The molecule has 0 saturated carbocycles. The van der Waals surface area contributed by atoms with E-state index in [1.165, 1.54) is 5.56 Å². The minimum absolute atomic E-state index is 0.00215. The van der Waals surface area contributed by atoms with Crippen LogP contribution in [0.15, 0.2) is 73.1 Å². The van der Waals surface area contributed by atoms with E-state index in [4.69, 9.17) is 4.74 Å². The van der Waals surface area contributed by atoms with Crippen molar-refractivity contribution in [3.63, 3.8) is 0 Å². The molecule has 1 N–H and O–H groups in total. The van der Waals surface area contributed by atoms with E-state index in [2.05, 4.69) is 22.5 Å². The molecule has 0 aliphatic rings. The summed E-state index contributed by atoms with van der Waals surface area (Å²) in [6.07, 6.45) is 3.70. The van der Waals surface area contributed by atoms with Crippen molar-refractivity contribution in [3.05, 3.63) is 84.2 Å². The number of hydrogen-bond acceptors (Lipinski definition) is 3. The number of carbonyl (C=O) groups excluding carboxylic acids is 1. The third kappa shape index (κ3) is 4.71. The first-order chi connectivity index (χ1) is 11.8. The molecule has 3 aromatic rings. The lowest BCUT2D eigenvalue weighted by Gasteiger charge is -2.06. The van der Waals surface area contributed by atoms with Crippen molar-refractivity contribution in [2.45, 2.75) is 13.1 Å². The van der Waals surface area contributed by atoms with E-state index in [9.17, 15) is 4.79 Å². The highest BCUT2D eigenvalue weighted by Crippen LogP contribution is 2.08. The molecular formula is C19H19N3O2. The molecule has 1 aromatic heterocycles. The van der Waals surface area contributed by atoms with Crippen LogP contribution in [-0.4, -0.2) is 22.3 Å². The second kappa shape index (κ2) is 7.97. The van der Waals surface area contributed by atoms with E-state index in [-0.39, 0.29) is 12.5 Å². The largest absolute Gasteiger partial charge is 0.484 e. The van der Waals surface area contributed by atoms with E-state index in [1.54, 1.807) is 6.20 Å². The molecule has 0 fully saturated rings.